The maximum atomic E-state index is 12.7. The first-order valence-electron chi connectivity index (χ1n) is 5.08. The fraction of sp³-hybridized carbons (Fsp3) is 0.455. The summed E-state index contributed by atoms with van der Waals surface area (Å²) in [6.45, 7) is 2.14. The van der Waals surface area contributed by atoms with E-state index in [0.29, 0.717) is 5.92 Å². The van der Waals surface area contributed by atoms with Crippen LogP contribution in [0.4, 0.5) is 4.39 Å². The number of carbonyl (C=O) groups is 1. The van der Waals surface area contributed by atoms with Crippen LogP contribution in [-0.4, -0.2) is 16.9 Å². The Morgan fingerprint density at radius 1 is 1.53 bits per heavy atom. The van der Waals surface area contributed by atoms with Crippen molar-refractivity contribution >= 4 is 5.91 Å². The fourth-order valence-corrected chi connectivity index (χ4v) is 1.81. The van der Waals surface area contributed by atoms with Gasteiger partial charge in [0.25, 0.3) is 5.91 Å². The molecule has 1 aliphatic rings. The number of carbonyl (C=O) groups excluding carboxylic acids is 1. The summed E-state index contributed by atoms with van der Waals surface area (Å²) < 4.78 is 12.7. The number of rotatable bonds is 2. The summed E-state index contributed by atoms with van der Waals surface area (Å²) in [6.07, 6.45) is 2.00. The first-order valence-corrected chi connectivity index (χ1v) is 5.08. The van der Waals surface area contributed by atoms with Crippen molar-refractivity contribution in [2.75, 3.05) is 0 Å². The molecule has 1 aliphatic carbocycles. The van der Waals surface area contributed by atoms with Gasteiger partial charge in [-0.3, -0.25) is 4.79 Å². The van der Waals surface area contributed by atoms with Crippen molar-refractivity contribution in [3.05, 3.63) is 29.8 Å². The predicted octanol–water partition coefficient (Wildman–Crippen LogP) is 1.75. The van der Waals surface area contributed by atoms with Gasteiger partial charge in [0.1, 0.15) is 5.69 Å². The molecule has 0 saturated heterocycles. The third-order valence-corrected chi connectivity index (χ3v) is 2.66. The number of hydrogen-bond donors (Lipinski definition) is 1. The monoisotopic (exact) mass is 208 g/mol. The highest BCUT2D eigenvalue weighted by molar-refractivity contribution is 5.92. The summed E-state index contributed by atoms with van der Waals surface area (Å²) >= 11 is 0. The summed E-state index contributed by atoms with van der Waals surface area (Å²) in [5.74, 6) is -0.230. The van der Waals surface area contributed by atoms with Crippen LogP contribution < -0.4 is 5.32 Å². The van der Waals surface area contributed by atoms with Crippen LogP contribution in [-0.2, 0) is 0 Å². The smallest absolute Gasteiger partial charge is 0.270 e. The molecule has 0 unspecified atom stereocenters. The zero-order valence-corrected chi connectivity index (χ0v) is 8.53. The molecule has 0 aromatic carbocycles. The Labute approximate surface area is 87.7 Å². The summed E-state index contributed by atoms with van der Waals surface area (Å²) in [4.78, 5) is 15.1. The summed E-state index contributed by atoms with van der Waals surface area (Å²) in [5.41, 5.74) is 0.148. The third kappa shape index (κ3) is 2.32. The van der Waals surface area contributed by atoms with E-state index in [9.17, 15) is 9.18 Å². The molecule has 0 aliphatic heterocycles. The van der Waals surface area contributed by atoms with Crippen LogP contribution in [0.1, 0.15) is 30.3 Å². The van der Waals surface area contributed by atoms with Gasteiger partial charge in [-0.05, 0) is 30.9 Å². The normalized spacial score (nSPS) is 24.4. The SMILES string of the molecule is CC1CC(NC(=O)c2cccc(F)n2)C1. The van der Waals surface area contributed by atoms with E-state index in [1.807, 2.05) is 0 Å². The molecule has 0 radical (unpaired) electrons. The molecule has 1 aromatic heterocycles. The van der Waals surface area contributed by atoms with E-state index in [1.165, 1.54) is 18.2 Å². The zero-order chi connectivity index (χ0) is 10.8. The van der Waals surface area contributed by atoms with Crippen LogP contribution in [0.5, 0.6) is 0 Å². The second-order valence-electron chi connectivity index (χ2n) is 4.09. The molecular weight excluding hydrogens is 195 g/mol. The largest absolute Gasteiger partial charge is 0.348 e. The fourth-order valence-electron chi connectivity index (χ4n) is 1.81. The predicted molar refractivity (Wildman–Crippen MR) is 53.8 cm³/mol. The molecule has 1 N–H and O–H groups in total. The number of nitrogens with zero attached hydrogens (tertiary/aromatic N) is 1. The molecule has 3 nitrogen and oxygen atoms in total. The van der Waals surface area contributed by atoms with Gasteiger partial charge in [0.2, 0.25) is 5.95 Å². The molecule has 1 amide bonds. The van der Waals surface area contributed by atoms with Crippen LogP contribution in [0.2, 0.25) is 0 Å². The minimum atomic E-state index is -0.621. The van der Waals surface area contributed by atoms with Crippen LogP contribution in [0.3, 0.4) is 0 Å². The van der Waals surface area contributed by atoms with E-state index in [2.05, 4.69) is 17.2 Å². The van der Waals surface area contributed by atoms with Gasteiger partial charge in [-0.1, -0.05) is 13.0 Å². The average molecular weight is 208 g/mol. The molecule has 0 spiro atoms. The van der Waals surface area contributed by atoms with E-state index in [-0.39, 0.29) is 17.6 Å². The molecular formula is C11H13FN2O. The lowest BCUT2D eigenvalue weighted by molar-refractivity contribution is 0.0889. The van der Waals surface area contributed by atoms with Gasteiger partial charge < -0.3 is 5.32 Å². The van der Waals surface area contributed by atoms with Crippen molar-refractivity contribution in [1.29, 1.82) is 0 Å². The Kier molecular flexibility index (Phi) is 2.66. The first-order chi connectivity index (χ1) is 7.15. The lowest BCUT2D eigenvalue weighted by atomic mass is 9.82. The topological polar surface area (TPSA) is 42.0 Å². The molecule has 0 atom stereocenters. The van der Waals surface area contributed by atoms with Crippen molar-refractivity contribution < 1.29 is 9.18 Å². The lowest BCUT2D eigenvalue weighted by Crippen LogP contribution is -2.43. The number of hydrogen-bond acceptors (Lipinski definition) is 2. The molecule has 4 heteroatoms. The van der Waals surface area contributed by atoms with Crippen molar-refractivity contribution in [2.45, 2.75) is 25.8 Å². The Morgan fingerprint density at radius 3 is 2.87 bits per heavy atom. The Morgan fingerprint density at radius 2 is 2.27 bits per heavy atom. The van der Waals surface area contributed by atoms with Crippen LogP contribution in [0, 0.1) is 11.9 Å². The van der Waals surface area contributed by atoms with Crippen LogP contribution >= 0.6 is 0 Å². The Bertz CT molecular complexity index is 375. The second-order valence-corrected chi connectivity index (χ2v) is 4.09. The van der Waals surface area contributed by atoms with E-state index in [0.717, 1.165) is 12.8 Å². The van der Waals surface area contributed by atoms with Crippen molar-refractivity contribution in [1.82, 2.24) is 10.3 Å². The van der Waals surface area contributed by atoms with Crippen molar-refractivity contribution in [3.63, 3.8) is 0 Å². The van der Waals surface area contributed by atoms with Gasteiger partial charge in [0.05, 0.1) is 0 Å². The molecule has 2 rings (SSSR count). The summed E-state index contributed by atoms with van der Waals surface area (Å²) in [7, 11) is 0. The minimum absolute atomic E-state index is 0.148. The average Bonchev–Trinajstić information content (AvgIpc) is 2.15. The van der Waals surface area contributed by atoms with Gasteiger partial charge in [-0.25, -0.2) is 4.98 Å². The zero-order valence-electron chi connectivity index (χ0n) is 8.53. The number of amides is 1. The quantitative estimate of drug-likeness (QED) is 0.752. The minimum Gasteiger partial charge on any atom is -0.348 e. The van der Waals surface area contributed by atoms with Gasteiger partial charge in [0, 0.05) is 6.04 Å². The lowest BCUT2D eigenvalue weighted by Gasteiger charge is -2.33. The van der Waals surface area contributed by atoms with Gasteiger partial charge in [-0.2, -0.15) is 4.39 Å². The molecule has 1 fully saturated rings. The highest BCUT2D eigenvalue weighted by Gasteiger charge is 2.27. The Balaban J connectivity index is 1.96. The summed E-state index contributed by atoms with van der Waals surface area (Å²) in [6, 6.07) is 4.46. The number of aromatic nitrogens is 1. The molecule has 80 valence electrons. The van der Waals surface area contributed by atoms with Crippen molar-refractivity contribution in [2.24, 2.45) is 5.92 Å². The molecule has 0 bridgehead atoms. The number of halogens is 1. The maximum absolute atomic E-state index is 12.7. The standard InChI is InChI=1S/C11H13FN2O/c1-7-5-8(6-7)13-11(15)9-3-2-4-10(12)14-9/h2-4,7-8H,5-6H2,1H3,(H,13,15). The molecule has 1 saturated carbocycles. The number of pyridine rings is 1. The van der Waals surface area contributed by atoms with Crippen LogP contribution in [0.15, 0.2) is 18.2 Å². The van der Waals surface area contributed by atoms with E-state index < -0.39 is 5.95 Å². The molecule has 1 aromatic rings. The van der Waals surface area contributed by atoms with E-state index in [4.69, 9.17) is 0 Å². The molecule has 15 heavy (non-hydrogen) atoms. The van der Waals surface area contributed by atoms with Gasteiger partial charge in [-0.15, -0.1) is 0 Å². The Hall–Kier alpha value is -1.45. The molecule has 1 heterocycles. The van der Waals surface area contributed by atoms with Crippen LogP contribution in [0.25, 0.3) is 0 Å². The van der Waals surface area contributed by atoms with Gasteiger partial charge in [0.15, 0.2) is 0 Å². The first kappa shape index (κ1) is 10.1. The second kappa shape index (κ2) is 3.96. The van der Waals surface area contributed by atoms with E-state index >= 15 is 0 Å². The third-order valence-electron chi connectivity index (χ3n) is 2.66. The highest BCUT2D eigenvalue weighted by Crippen LogP contribution is 2.26. The number of nitrogens with one attached hydrogen (secondary N) is 1. The van der Waals surface area contributed by atoms with Gasteiger partial charge >= 0.3 is 0 Å². The van der Waals surface area contributed by atoms with Crippen molar-refractivity contribution in [3.8, 4) is 0 Å². The summed E-state index contributed by atoms with van der Waals surface area (Å²) in [5, 5.41) is 2.82. The highest BCUT2D eigenvalue weighted by atomic mass is 19.1. The van der Waals surface area contributed by atoms with E-state index in [1.54, 1.807) is 0 Å². The maximum Gasteiger partial charge on any atom is 0.270 e.